The number of amides is 1. The third kappa shape index (κ3) is 5.45. The first-order valence-corrected chi connectivity index (χ1v) is 13.9. The maximum atomic E-state index is 13.5. The molecular weight excluding hydrogens is 537 g/mol. The van der Waals surface area contributed by atoms with E-state index in [1.165, 1.54) is 18.2 Å². The highest BCUT2D eigenvalue weighted by Crippen LogP contribution is 2.66. The number of nitriles is 1. The van der Waals surface area contributed by atoms with Crippen molar-refractivity contribution in [2.75, 3.05) is 11.9 Å². The van der Waals surface area contributed by atoms with E-state index >= 15 is 0 Å². The van der Waals surface area contributed by atoms with Gasteiger partial charge in [-0.05, 0) is 79.5 Å². The van der Waals surface area contributed by atoms with E-state index < -0.39 is 32.7 Å². The van der Waals surface area contributed by atoms with Crippen LogP contribution in [-0.4, -0.2) is 32.4 Å². The van der Waals surface area contributed by atoms with Gasteiger partial charge in [0, 0.05) is 17.5 Å². The summed E-state index contributed by atoms with van der Waals surface area (Å²) < 4.78 is 70.8. The Hall–Kier alpha value is -3.59. The Morgan fingerprint density at radius 2 is 1.95 bits per heavy atom. The minimum Gasteiger partial charge on any atom is -0.466 e. The van der Waals surface area contributed by atoms with E-state index in [4.69, 9.17) is 4.74 Å². The summed E-state index contributed by atoms with van der Waals surface area (Å²) in [5.41, 5.74) is -3.28. The second-order valence-corrected chi connectivity index (χ2v) is 11.3. The van der Waals surface area contributed by atoms with Crippen molar-refractivity contribution in [1.82, 2.24) is 0 Å². The summed E-state index contributed by atoms with van der Waals surface area (Å²) in [4.78, 5) is 25.2. The molecule has 2 aromatic carbocycles. The smallest absolute Gasteiger partial charge is 0.466 e. The van der Waals surface area contributed by atoms with Gasteiger partial charge in [0.15, 0.2) is 0 Å². The Bertz CT molecular complexity index is 1450. The first kappa shape index (κ1) is 28.4. The van der Waals surface area contributed by atoms with E-state index in [2.05, 4.69) is 9.50 Å². The molecule has 2 aromatic rings. The number of alkyl halides is 3. The number of esters is 1. The van der Waals surface area contributed by atoms with Crippen molar-refractivity contribution in [2.24, 2.45) is 11.8 Å². The van der Waals surface area contributed by atoms with E-state index in [-0.39, 0.29) is 30.8 Å². The first-order chi connectivity index (χ1) is 18.3. The van der Waals surface area contributed by atoms with Gasteiger partial charge in [0.1, 0.15) is 5.75 Å². The van der Waals surface area contributed by atoms with Gasteiger partial charge < -0.3 is 14.2 Å². The molecule has 4 rings (SSSR count). The minimum absolute atomic E-state index is 0.167. The molecule has 0 heterocycles. The fraction of sp³-hybridized carbons (Fsp3) is 0.444. The van der Waals surface area contributed by atoms with Crippen molar-refractivity contribution in [3.63, 3.8) is 0 Å². The van der Waals surface area contributed by atoms with Gasteiger partial charge in [0.2, 0.25) is 5.91 Å². The number of benzene rings is 2. The van der Waals surface area contributed by atoms with Crippen molar-refractivity contribution in [2.45, 2.75) is 56.9 Å². The van der Waals surface area contributed by atoms with Crippen LogP contribution in [0.5, 0.6) is 5.75 Å². The second kappa shape index (κ2) is 10.5. The Labute approximate surface area is 224 Å². The second-order valence-electron chi connectivity index (χ2n) is 9.74. The molecule has 1 amide bonds. The number of rotatable bonds is 9. The molecule has 12 heteroatoms. The number of carbonyl (C=O) groups excluding carboxylic acids is 2. The molecule has 0 aliphatic heterocycles. The molecule has 8 nitrogen and oxygen atoms in total. The number of nitrogens with one attached hydrogen (secondary N) is 1. The van der Waals surface area contributed by atoms with E-state index in [9.17, 15) is 36.4 Å². The summed E-state index contributed by atoms with van der Waals surface area (Å²) in [5.74, 6) is -1.79. The molecule has 0 radical (unpaired) electrons. The fourth-order valence-electron chi connectivity index (χ4n) is 5.64. The Morgan fingerprint density at radius 1 is 1.21 bits per heavy atom. The summed E-state index contributed by atoms with van der Waals surface area (Å²) in [6.07, 6.45) is 2.30. The van der Waals surface area contributed by atoms with Crippen LogP contribution < -0.4 is 9.50 Å². The molecule has 2 aliphatic carbocycles. The lowest BCUT2D eigenvalue weighted by Crippen LogP contribution is -2.28. The van der Waals surface area contributed by atoms with Crippen LogP contribution in [0.1, 0.15) is 55.4 Å². The number of hydrogen-bond acceptors (Lipinski definition) is 7. The molecule has 0 bridgehead atoms. The van der Waals surface area contributed by atoms with E-state index in [0.717, 1.165) is 11.1 Å². The summed E-state index contributed by atoms with van der Waals surface area (Å²) in [7, 11) is -5.83. The average molecular weight is 565 g/mol. The molecule has 1 saturated carbocycles. The van der Waals surface area contributed by atoms with Gasteiger partial charge in [0.05, 0.1) is 24.2 Å². The van der Waals surface area contributed by atoms with Gasteiger partial charge in [-0.15, -0.1) is 0 Å². The quantitative estimate of drug-likeness (QED) is 0.265. The van der Waals surface area contributed by atoms with Crippen LogP contribution >= 0.6 is 0 Å². The number of anilines is 1. The summed E-state index contributed by atoms with van der Waals surface area (Å²) in [5, 5.41) is 12.3. The third-order valence-electron chi connectivity index (χ3n) is 7.55. The first-order valence-electron chi connectivity index (χ1n) is 12.5. The number of ether oxygens (including phenoxy) is 1. The number of nitrogens with zero attached hydrogens (tertiary/aromatic N) is 1. The highest BCUT2D eigenvalue weighted by atomic mass is 32.2. The molecule has 39 heavy (non-hydrogen) atoms. The van der Waals surface area contributed by atoms with Crippen LogP contribution in [0.4, 0.5) is 18.9 Å². The Morgan fingerprint density at radius 3 is 2.62 bits per heavy atom. The molecule has 2 aliphatic rings. The third-order valence-corrected chi connectivity index (χ3v) is 8.53. The number of aryl methyl sites for hydroxylation is 2. The van der Waals surface area contributed by atoms with Crippen LogP contribution in [-0.2, 0) is 42.7 Å². The zero-order chi connectivity index (χ0) is 28.6. The minimum atomic E-state index is -5.83. The van der Waals surface area contributed by atoms with Crippen molar-refractivity contribution < 1.29 is 40.1 Å². The predicted octanol–water partition coefficient (Wildman–Crippen LogP) is 4.76. The van der Waals surface area contributed by atoms with Crippen LogP contribution in [0.25, 0.3) is 0 Å². The average Bonchev–Trinajstić information content (AvgIpc) is 3.29. The zero-order valence-corrected chi connectivity index (χ0v) is 22.1. The number of fused-ring (bicyclic) bond motifs is 2. The van der Waals surface area contributed by atoms with Crippen LogP contribution in [0.15, 0.2) is 36.4 Å². The topological polar surface area (TPSA) is 123 Å². The fourth-order valence-corrected chi connectivity index (χ4v) is 6.09. The highest BCUT2D eigenvalue weighted by Gasteiger charge is 2.68. The molecule has 3 atom stereocenters. The van der Waals surface area contributed by atoms with Crippen LogP contribution in [0.2, 0.25) is 0 Å². The van der Waals surface area contributed by atoms with Crippen molar-refractivity contribution in [3.05, 3.63) is 58.7 Å². The lowest BCUT2D eigenvalue weighted by atomic mass is 9.93. The largest absolute Gasteiger partial charge is 0.534 e. The predicted molar refractivity (Wildman–Crippen MR) is 134 cm³/mol. The van der Waals surface area contributed by atoms with Gasteiger partial charge >= 0.3 is 21.6 Å². The highest BCUT2D eigenvalue weighted by molar-refractivity contribution is 7.88. The summed E-state index contributed by atoms with van der Waals surface area (Å²) >= 11 is 0. The summed E-state index contributed by atoms with van der Waals surface area (Å²) in [6.45, 7) is 3.87. The Balaban J connectivity index is 1.54. The molecule has 1 spiro atoms. The zero-order valence-electron chi connectivity index (χ0n) is 21.3. The molecular formula is C27H27F3N2O6S. The van der Waals surface area contributed by atoms with E-state index in [1.807, 2.05) is 13.0 Å². The lowest BCUT2D eigenvalue weighted by Gasteiger charge is -2.16. The van der Waals surface area contributed by atoms with Gasteiger partial charge in [-0.3, -0.25) is 9.59 Å². The van der Waals surface area contributed by atoms with Gasteiger partial charge in [-0.1, -0.05) is 19.1 Å². The molecule has 0 aromatic heterocycles. The van der Waals surface area contributed by atoms with Crippen LogP contribution in [0, 0.1) is 23.2 Å². The standard InChI is InChI=1S/C27H27F3N2O6S/c1-3-37-23(33)6-4-5-19-8-7-17(15-31)13-22(19)32-25(34)24-16(2)26(24)12-11-18-9-10-20(14-21(18)26)38-39(35,36)27(28,29)30/h7-10,13-14,16,24H,3-6,11-12H2,1-2H3,(H,32,34)/t16-,24-,26-/m0/s1. The number of halogens is 3. The van der Waals surface area contributed by atoms with E-state index in [1.54, 1.807) is 25.1 Å². The van der Waals surface area contributed by atoms with Gasteiger partial charge in [-0.2, -0.15) is 26.9 Å². The summed E-state index contributed by atoms with van der Waals surface area (Å²) in [6, 6.07) is 10.9. The van der Waals surface area contributed by atoms with Gasteiger partial charge in [0.25, 0.3) is 0 Å². The monoisotopic (exact) mass is 564 g/mol. The Kier molecular flexibility index (Phi) is 7.67. The van der Waals surface area contributed by atoms with Crippen LogP contribution in [0.3, 0.4) is 0 Å². The van der Waals surface area contributed by atoms with Crippen molar-refractivity contribution in [1.29, 1.82) is 5.26 Å². The number of hydrogen-bond donors (Lipinski definition) is 1. The maximum Gasteiger partial charge on any atom is 0.534 e. The molecule has 0 saturated heterocycles. The van der Waals surface area contributed by atoms with Crippen molar-refractivity contribution in [3.8, 4) is 11.8 Å². The normalized spacial score (nSPS) is 21.6. The molecule has 1 fully saturated rings. The van der Waals surface area contributed by atoms with Gasteiger partial charge in [-0.25, -0.2) is 0 Å². The lowest BCUT2D eigenvalue weighted by molar-refractivity contribution is -0.143. The number of carbonyl (C=O) groups is 2. The molecule has 208 valence electrons. The van der Waals surface area contributed by atoms with Crippen molar-refractivity contribution >= 4 is 27.7 Å². The molecule has 1 N–H and O–H groups in total. The molecule has 0 unspecified atom stereocenters. The van der Waals surface area contributed by atoms with E-state index in [0.29, 0.717) is 42.5 Å². The maximum absolute atomic E-state index is 13.5. The SMILES string of the molecule is CCOC(=O)CCCc1ccc(C#N)cc1NC(=O)[C@@H]1[C@H](C)[C@]12CCc1ccc(OS(=O)(=O)C(F)(F)F)cc12.